The second-order valence-corrected chi connectivity index (χ2v) is 6.32. The van der Waals surface area contributed by atoms with Gasteiger partial charge in [0.2, 0.25) is 0 Å². The summed E-state index contributed by atoms with van der Waals surface area (Å²) in [5.41, 5.74) is 1.03. The van der Waals surface area contributed by atoms with Gasteiger partial charge in [-0.2, -0.15) is 0 Å². The van der Waals surface area contributed by atoms with Crippen molar-refractivity contribution in [1.82, 2.24) is 4.98 Å². The summed E-state index contributed by atoms with van der Waals surface area (Å²) in [6.45, 7) is 10.1. The van der Waals surface area contributed by atoms with E-state index in [2.05, 4.69) is 47.0 Å². The van der Waals surface area contributed by atoms with Crippen molar-refractivity contribution < 1.29 is 9.21 Å². The van der Waals surface area contributed by atoms with Crippen molar-refractivity contribution in [3.8, 4) is 0 Å². The molecule has 1 aromatic carbocycles. The van der Waals surface area contributed by atoms with Crippen molar-refractivity contribution in [1.29, 1.82) is 0 Å². The summed E-state index contributed by atoms with van der Waals surface area (Å²) in [6.07, 6.45) is 1.31. The van der Waals surface area contributed by atoms with Gasteiger partial charge in [0.05, 0.1) is 0 Å². The van der Waals surface area contributed by atoms with Gasteiger partial charge in [-0.15, -0.1) is 0 Å². The van der Waals surface area contributed by atoms with Gasteiger partial charge >= 0.3 is 0 Å². The Kier molecular flexibility index (Phi) is 7.32. The number of aromatic nitrogens is 1. The maximum Gasteiger partial charge on any atom is 0.277 e. The number of hydrogen-bond acceptors (Lipinski definition) is 3. The molecule has 4 nitrogen and oxygen atoms in total. The fourth-order valence-electron chi connectivity index (χ4n) is 1.50. The maximum atomic E-state index is 11.9. The first kappa shape index (κ1) is 18.4. The number of oxazole rings is 1. The van der Waals surface area contributed by atoms with E-state index in [0.717, 1.165) is 10.4 Å². The van der Waals surface area contributed by atoms with Crippen LogP contribution in [0.25, 0.3) is 0 Å². The minimum atomic E-state index is -0.266. The Bertz CT molecular complexity index is 621. The Labute approximate surface area is 140 Å². The molecule has 0 unspecified atom stereocenters. The van der Waals surface area contributed by atoms with Gasteiger partial charge < -0.3 is 9.73 Å². The molecule has 0 aliphatic heterocycles. The van der Waals surface area contributed by atoms with E-state index in [1.165, 1.54) is 6.42 Å². The number of hydrogen-bond donors (Lipinski definition) is 1. The topological polar surface area (TPSA) is 55.1 Å². The van der Waals surface area contributed by atoms with Gasteiger partial charge in [-0.05, 0) is 31.0 Å². The van der Waals surface area contributed by atoms with Crippen LogP contribution in [0.4, 0.5) is 5.69 Å². The van der Waals surface area contributed by atoms with Crippen LogP contribution >= 0.6 is 15.9 Å². The Hall–Kier alpha value is -1.62. The molecule has 2 aromatic rings. The third-order valence-electron chi connectivity index (χ3n) is 3.02. The quantitative estimate of drug-likeness (QED) is 0.795. The van der Waals surface area contributed by atoms with Crippen LogP contribution in [0.3, 0.4) is 0 Å². The van der Waals surface area contributed by atoms with Crippen molar-refractivity contribution in [2.75, 3.05) is 5.32 Å². The average Bonchev–Trinajstić information content (AvgIpc) is 2.78. The number of carbonyl (C=O) groups is 1. The van der Waals surface area contributed by atoms with Gasteiger partial charge in [0.15, 0.2) is 11.6 Å². The van der Waals surface area contributed by atoms with E-state index in [1.807, 2.05) is 24.3 Å². The summed E-state index contributed by atoms with van der Waals surface area (Å²) in [7, 11) is 0. The normalized spacial score (nSPS) is 10.1. The van der Waals surface area contributed by atoms with E-state index in [0.29, 0.717) is 23.0 Å². The molecule has 5 heteroatoms. The van der Waals surface area contributed by atoms with Crippen LogP contribution in [0.2, 0.25) is 0 Å². The fourth-order valence-corrected chi connectivity index (χ4v) is 1.90. The van der Waals surface area contributed by atoms with E-state index in [-0.39, 0.29) is 5.91 Å². The van der Waals surface area contributed by atoms with Gasteiger partial charge in [0.25, 0.3) is 5.91 Å². The van der Waals surface area contributed by atoms with Crippen molar-refractivity contribution in [3.05, 3.63) is 46.1 Å². The number of benzene rings is 1. The molecule has 0 fully saturated rings. The molecule has 1 aromatic heterocycles. The zero-order chi connectivity index (χ0) is 16.7. The molecule has 0 aliphatic rings. The Morgan fingerprint density at radius 1 is 1.36 bits per heavy atom. The summed E-state index contributed by atoms with van der Waals surface area (Å²) in [5, 5.41) is 2.76. The second-order valence-electron chi connectivity index (χ2n) is 5.40. The Morgan fingerprint density at radius 3 is 2.45 bits per heavy atom. The molecule has 0 spiro atoms. The first-order chi connectivity index (χ1) is 10.3. The van der Waals surface area contributed by atoms with Gasteiger partial charge in [-0.3, -0.25) is 4.79 Å². The number of halogens is 1. The van der Waals surface area contributed by atoms with Crippen LogP contribution in [0.5, 0.6) is 0 Å². The number of nitrogens with zero attached hydrogens (tertiary/aromatic N) is 1. The van der Waals surface area contributed by atoms with Crippen LogP contribution in [-0.2, 0) is 0 Å². The molecule has 1 amide bonds. The number of rotatable bonds is 3. The molecular weight excluding hydrogens is 344 g/mol. The first-order valence-electron chi connectivity index (χ1n) is 7.34. The van der Waals surface area contributed by atoms with Crippen LogP contribution in [0, 0.1) is 19.8 Å². The third-order valence-corrected chi connectivity index (χ3v) is 3.51. The lowest BCUT2D eigenvalue weighted by atomic mass is 10.2. The number of anilines is 1. The van der Waals surface area contributed by atoms with E-state index in [1.54, 1.807) is 13.8 Å². The van der Waals surface area contributed by atoms with Crippen molar-refractivity contribution >= 4 is 27.5 Å². The lowest BCUT2D eigenvalue weighted by Crippen LogP contribution is -2.13. The molecule has 2 rings (SSSR count). The second kappa shape index (κ2) is 8.73. The molecule has 0 atom stereocenters. The van der Waals surface area contributed by atoms with Crippen LogP contribution in [0.15, 0.2) is 33.2 Å². The highest BCUT2D eigenvalue weighted by Crippen LogP contribution is 2.17. The predicted molar refractivity (Wildman–Crippen MR) is 93.2 cm³/mol. The van der Waals surface area contributed by atoms with Gasteiger partial charge in [-0.25, -0.2) is 4.98 Å². The summed E-state index contributed by atoms with van der Waals surface area (Å²) < 4.78 is 6.12. The highest BCUT2D eigenvalue weighted by molar-refractivity contribution is 9.10. The predicted octanol–water partition coefficient (Wildman–Crippen LogP) is 5.36. The molecule has 1 heterocycles. The third kappa shape index (κ3) is 6.02. The summed E-state index contributed by atoms with van der Waals surface area (Å²) in [6, 6.07) is 7.37. The number of nitrogens with one attached hydrogen (secondary N) is 1. The molecule has 0 radical (unpaired) electrons. The van der Waals surface area contributed by atoms with Gasteiger partial charge in [0, 0.05) is 17.1 Å². The van der Waals surface area contributed by atoms with Gasteiger partial charge in [-0.1, -0.05) is 49.2 Å². The largest absolute Gasteiger partial charge is 0.445 e. The molecule has 0 saturated carbocycles. The van der Waals surface area contributed by atoms with Crippen LogP contribution in [0.1, 0.15) is 49.3 Å². The molecule has 1 N–H and O–H groups in total. The highest BCUT2D eigenvalue weighted by Gasteiger charge is 2.15. The van der Waals surface area contributed by atoms with E-state index < -0.39 is 0 Å². The van der Waals surface area contributed by atoms with Crippen LogP contribution in [-0.4, -0.2) is 10.9 Å². The Morgan fingerprint density at radius 2 is 2.00 bits per heavy atom. The van der Waals surface area contributed by atoms with Gasteiger partial charge in [0.1, 0.15) is 5.76 Å². The van der Waals surface area contributed by atoms with E-state index in [4.69, 9.17) is 4.42 Å². The lowest BCUT2D eigenvalue weighted by molar-refractivity contribution is 0.102. The van der Waals surface area contributed by atoms with Crippen molar-refractivity contribution in [2.45, 2.75) is 41.0 Å². The molecule has 120 valence electrons. The van der Waals surface area contributed by atoms with Crippen LogP contribution < -0.4 is 5.32 Å². The SMILES string of the molecule is CCC(C)C.Cc1nc(C(=O)Nc2cccc(Br)c2)c(C)o1. The summed E-state index contributed by atoms with van der Waals surface area (Å²) in [5.74, 6) is 1.63. The Balaban J connectivity index is 0.000000422. The summed E-state index contributed by atoms with van der Waals surface area (Å²) >= 11 is 3.34. The lowest BCUT2D eigenvalue weighted by Gasteiger charge is -2.03. The first-order valence-corrected chi connectivity index (χ1v) is 8.13. The maximum absolute atomic E-state index is 11.9. The molecule has 0 aliphatic carbocycles. The minimum Gasteiger partial charge on any atom is -0.445 e. The minimum absolute atomic E-state index is 0.266. The summed E-state index contributed by atoms with van der Waals surface area (Å²) in [4.78, 5) is 15.9. The average molecular weight is 367 g/mol. The highest BCUT2D eigenvalue weighted by atomic mass is 79.9. The zero-order valence-electron chi connectivity index (χ0n) is 13.7. The number of carbonyl (C=O) groups excluding carboxylic acids is 1. The standard InChI is InChI=1S/C12H11BrN2O2.C5H12/c1-7-11(14-8(2)17-7)12(16)15-10-5-3-4-9(13)6-10;1-4-5(2)3/h3-6H,1-2H3,(H,15,16);5H,4H2,1-3H3. The van der Waals surface area contributed by atoms with Crippen molar-refractivity contribution in [3.63, 3.8) is 0 Å². The number of amides is 1. The number of aryl methyl sites for hydroxylation is 2. The molecule has 0 bridgehead atoms. The fraction of sp³-hybridized carbons (Fsp3) is 0.412. The van der Waals surface area contributed by atoms with E-state index >= 15 is 0 Å². The van der Waals surface area contributed by atoms with Crippen molar-refractivity contribution in [2.24, 2.45) is 5.92 Å². The molecular formula is C17H23BrN2O2. The monoisotopic (exact) mass is 366 g/mol. The van der Waals surface area contributed by atoms with E-state index in [9.17, 15) is 4.79 Å². The molecule has 22 heavy (non-hydrogen) atoms. The zero-order valence-corrected chi connectivity index (χ0v) is 15.3. The molecule has 0 saturated heterocycles. The smallest absolute Gasteiger partial charge is 0.277 e.